The number of rotatable bonds is 1. The molecule has 0 bridgehead atoms. The molecule has 0 aliphatic carbocycles. The summed E-state index contributed by atoms with van der Waals surface area (Å²) >= 11 is 6.26. The van der Waals surface area contributed by atoms with Crippen LogP contribution < -0.4 is 5.32 Å². The molecule has 90 valence electrons. The highest BCUT2D eigenvalue weighted by molar-refractivity contribution is 6.34. The fourth-order valence-corrected chi connectivity index (χ4v) is 2.48. The van der Waals surface area contributed by atoms with E-state index in [0.717, 1.165) is 28.8 Å². The first-order valence-electron chi connectivity index (χ1n) is 5.77. The second-order valence-electron chi connectivity index (χ2n) is 4.25. The zero-order chi connectivity index (χ0) is 12.5. The van der Waals surface area contributed by atoms with E-state index in [0.29, 0.717) is 11.4 Å². The van der Waals surface area contributed by atoms with Gasteiger partial charge in [0.15, 0.2) is 0 Å². The van der Waals surface area contributed by atoms with Crippen molar-refractivity contribution >= 4 is 23.2 Å². The van der Waals surface area contributed by atoms with Crippen molar-refractivity contribution in [3.05, 3.63) is 47.2 Å². The van der Waals surface area contributed by atoms with Crippen LogP contribution in [0, 0.1) is 0 Å². The smallest absolute Gasteiger partial charge is 0.224 e. The van der Waals surface area contributed by atoms with E-state index in [4.69, 9.17) is 11.6 Å². The number of amides is 1. The summed E-state index contributed by atoms with van der Waals surface area (Å²) in [5.74, 6) is 0.0370. The number of fused-ring (bicyclic) bond motifs is 1. The predicted molar refractivity (Wildman–Crippen MR) is 71.6 cm³/mol. The highest BCUT2D eigenvalue weighted by atomic mass is 35.5. The lowest BCUT2D eigenvalue weighted by molar-refractivity contribution is -0.116. The Morgan fingerprint density at radius 1 is 1.22 bits per heavy atom. The Morgan fingerprint density at radius 3 is 2.89 bits per heavy atom. The van der Waals surface area contributed by atoms with Crippen LogP contribution in [0.3, 0.4) is 0 Å². The van der Waals surface area contributed by atoms with Crippen LogP contribution in [0.25, 0.3) is 11.1 Å². The van der Waals surface area contributed by atoms with Crippen molar-refractivity contribution in [3.8, 4) is 11.1 Å². The number of pyridine rings is 1. The summed E-state index contributed by atoms with van der Waals surface area (Å²) in [5.41, 5.74) is 3.72. The summed E-state index contributed by atoms with van der Waals surface area (Å²) in [4.78, 5) is 15.6. The third kappa shape index (κ3) is 1.87. The normalized spacial score (nSPS) is 13.9. The maximum Gasteiger partial charge on any atom is 0.224 e. The highest BCUT2D eigenvalue weighted by Gasteiger charge is 2.20. The largest absolute Gasteiger partial charge is 0.325 e. The molecule has 0 unspecified atom stereocenters. The highest BCUT2D eigenvalue weighted by Crippen LogP contribution is 2.39. The number of carbonyl (C=O) groups excluding carboxylic acids is 1. The Kier molecular flexibility index (Phi) is 2.76. The topological polar surface area (TPSA) is 42.0 Å². The van der Waals surface area contributed by atoms with Gasteiger partial charge in [0, 0.05) is 29.9 Å². The van der Waals surface area contributed by atoms with E-state index in [9.17, 15) is 4.79 Å². The van der Waals surface area contributed by atoms with Crippen molar-refractivity contribution in [1.29, 1.82) is 0 Å². The molecule has 0 atom stereocenters. The minimum absolute atomic E-state index is 0.0370. The maximum absolute atomic E-state index is 11.6. The minimum Gasteiger partial charge on any atom is -0.325 e. The van der Waals surface area contributed by atoms with Crippen LogP contribution in [0.1, 0.15) is 12.0 Å². The standard InChI is InChI=1S/C14H11ClN2O/c15-11-5-3-9-4-6-12(18)17-14(9)13(11)10-2-1-7-16-8-10/h1-3,5,7-8H,4,6H2,(H,17,18). The van der Waals surface area contributed by atoms with E-state index in [1.807, 2.05) is 24.3 Å². The van der Waals surface area contributed by atoms with Crippen LogP contribution >= 0.6 is 11.6 Å². The number of nitrogens with zero attached hydrogens (tertiary/aromatic N) is 1. The molecule has 4 heteroatoms. The second-order valence-corrected chi connectivity index (χ2v) is 4.65. The molecule has 1 aliphatic rings. The molecule has 2 aromatic rings. The lowest BCUT2D eigenvalue weighted by atomic mass is 9.96. The van der Waals surface area contributed by atoms with Crippen LogP contribution in [-0.4, -0.2) is 10.9 Å². The lowest BCUT2D eigenvalue weighted by Crippen LogP contribution is -2.19. The molecule has 1 amide bonds. The fraction of sp³-hybridized carbons (Fsp3) is 0.143. The maximum atomic E-state index is 11.6. The van der Waals surface area contributed by atoms with Gasteiger partial charge in [0.1, 0.15) is 0 Å². The summed E-state index contributed by atoms with van der Waals surface area (Å²) in [6.45, 7) is 0. The van der Waals surface area contributed by atoms with E-state index in [-0.39, 0.29) is 5.91 Å². The van der Waals surface area contributed by atoms with Crippen LogP contribution in [0.4, 0.5) is 5.69 Å². The molecule has 0 saturated heterocycles. The van der Waals surface area contributed by atoms with Gasteiger partial charge in [-0.2, -0.15) is 0 Å². The van der Waals surface area contributed by atoms with Crippen molar-refractivity contribution in [2.24, 2.45) is 0 Å². The van der Waals surface area contributed by atoms with E-state index < -0.39 is 0 Å². The Balaban J connectivity index is 2.22. The van der Waals surface area contributed by atoms with Gasteiger partial charge in [-0.05, 0) is 24.1 Å². The van der Waals surface area contributed by atoms with E-state index in [2.05, 4.69) is 10.3 Å². The van der Waals surface area contributed by atoms with Gasteiger partial charge < -0.3 is 5.32 Å². The monoisotopic (exact) mass is 258 g/mol. The summed E-state index contributed by atoms with van der Waals surface area (Å²) in [6.07, 6.45) is 4.75. The zero-order valence-electron chi connectivity index (χ0n) is 9.61. The number of aromatic nitrogens is 1. The minimum atomic E-state index is 0.0370. The van der Waals surface area contributed by atoms with Gasteiger partial charge in [0.25, 0.3) is 0 Å². The molecule has 18 heavy (non-hydrogen) atoms. The molecular formula is C14H11ClN2O. The number of anilines is 1. The predicted octanol–water partition coefficient (Wildman–Crippen LogP) is 3.29. The number of halogens is 1. The second kappa shape index (κ2) is 4.42. The molecular weight excluding hydrogens is 248 g/mol. The Morgan fingerprint density at radius 2 is 2.11 bits per heavy atom. The molecule has 1 N–H and O–H groups in total. The van der Waals surface area contributed by atoms with Crippen molar-refractivity contribution in [2.75, 3.05) is 5.32 Å². The van der Waals surface area contributed by atoms with Crippen molar-refractivity contribution in [2.45, 2.75) is 12.8 Å². The van der Waals surface area contributed by atoms with Gasteiger partial charge >= 0.3 is 0 Å². The summed E-state index contributed by atoms with van der Waals surface area (Å²) in [5, 5.41) is 3.55. The summed E-state index contributed by atoms with van der Waals surface area (Å²) in [7, 11) is 0. The van der Waals surface area contributed by atoms with Gasteiger partial charge in [-0.25, -0.2) is 0 Å². The Labute approximate surface area is 110 Å². The average Bonchev–Trinajstić information content (AvgIpc) is 2.39. The molecule has 0 fully saturated rings. The van der Waals surface area contributed by atoms with Gasteiger partial charge in [0.05, 0.1) is 10.7 Å². The Hall–Kier alpha value is -1.87. The number of benzene rings is 1. The van der Waals surface area contributed by atoms with Crippen LogP contribution in [0.15, 0.2) is 36.7 Å². The molecule has 1 aliphatic heterocycles. The fourth-order valence-electron chi connectivity index (χ4n) is 2.21. The molecule has 0 saturated carbocycles. The van der Waals surface area contributed by atoms with E-state index in [1.165, 1.54) is 0 Å². The third-order valence-corrected chi connectivity index (χ3v) is 3.39. The van der Waals surface area contributed by atoms with Gasteiger partial charge in [-0.1, -0.05) is 23.7 Å². The molecule has 0 spiro atoms. The lowest BCUT2D eigenvalue weighted by Gasteiger charge is -2.21. The van der Waals surface area contributed by atoms with Crippen LogP contribution in [-0.2, 0) is 11.2 Å². The molecule has 3 nitrogen and oxygen atoms in total. The number of hydrogen-bond acceptors (Lipinski definition) is 2. The summed E-state index contributed by atoms with van der Waals surface area (Å²) < 4.78 is 0. The number of carbonyl (C=O) groups is 1. The van der Waals surface area contributed by atoms with Crippen LogP contribution in [0.5, 0.6) is 0 Å². The number of hydrogen-bond donors (Lipinski definition) is 1. The number of aryl methyl sites for hydroxylation is 1. The quantitative estimate of drug-likeness (QED) is 0.853. The Bertz CT molecular complexity index is 611. The average molecular weight is 259 g/mol. The van der Waals surface area contributed by atoms with Crippen molar-refractivity contribution in [1.82, 2.24) is 4.98 Å². The van der Waals surface area contributed by atoms with E-state index in [1.54, 1.807) is 12.4 Å². The molecule has 0 radical (unpaired) electrons. The SMILES string of the molecule is O=C1CCc2ccc(Cl)c(-c3cccnc3)c2N1. The first-order valence-corrected chi connectivity index (χ1v) is 6.15. The summed E-state index contributed by atoms with van der Waals surface area (Å²) in [6, 6.07) is 7.64. The molecule has 3 rings (SSSR count). The van der Waals surface area contributed by atoms with Crippen molar-refractivity contribution in [3.63, 3.8) is 0 Å². The molecule has 2 heterocycles. The first-order chi connectivity index (χ1) is 8.75. The van der Waals surface area contributed by atoms with E-state index >= 15 is 0 Å². The van der Waals surface area contributed by atoms with Crippen LogP contribution in [0.2, 0.25) is 5.02 Å². The molecule has 1 aromatic carbocycles. The molecule has 1 aromatic heterocycles. The van der Waals surface area contributed by atoms with Gasteiger partial charge in [-0.15, -0.1) is 0 Å². The zero-order valence-corrected chi connectivity index (χ0v) is 10.4. The van der Waals surface area contributed by atoms with Gasteiger partial charge in [-0.3, -0.25) is 9.78 Å². The number of nitrogens with one attached hydrogen (secondary N) is 1. The first kappa shape index (κ1) is 11.2. The van der Waals surface area contributed by atoms with Crippen molar-refractivity contribution < 1.29 is 4.79 Å². The van der Waals surface area contributed by atoms with Gasteiger partial charge in [0.2, 0.25) is 5.91 Å². The third-order valence-electron chi connectivity index (χ3n) is 3.08.